The number of nitro benzene ring substituents is 1. The summed E-state index contributed by atoms with van der Waals surface area (Å²) >= 11 is 0. The lowest BCUT2D eigenvalue weighted by Crippen LogP contribution is -2.27. The van der Waals surface area contributed by atoms with E-state index < -0.39 is 10.9 Å². The first-order chi connectivity index (χ1) is 9.97. The fourth-order valence-corrected chi connectivity index (χ4v) is 2.21. The van der Waals surface area contributed by atoms with Crippen molar-refractivity contribution in [2.24, 2.45) is 0 Å². The number of benzene rings is 1. The number of hydrogen-bond donors (Lipinski definition) is 0. The lowest BCUT2D eigenvalue weighted by atomic mass is 10.1. The Balaban J connectivity index is 2.42. The van der Waals surface area contributed by atoms with Crippen molar-refractivity contribution in [3.05, 3.63) is 33.9 Å². The zero-order valence-corrected chi connectivity index (χ0v) is 11.7. The summed E-state index contributed by atoms with van der Waals surface area (Å²) in [4.78, 5) is 37.1. The molecule has 0 aromatic heterocycles. The highest BCUT2D eigenvalue weighted by atomic mass is 16.6. The van der Waals surface area contributed by atoms with Crippen LogP contribution >= 0.6 is 0 Å². The predicted octanol–water partition coefficient (Wildman–Crippen LogP) is 1.01. The van der Waals surface area contributed by atoms with Crippen LogP contribution in [-0.4, -0.2) is 48.6 Å². The van der Waals surface area contributed by atoms with Gasteiger partial charge in [-0.25, -0.2) is 4.79 Å². The molecule has 8 heteroatoms. The molecule has 0 N–H and O–H groups in total. The van der Waals surface area contributed by atoms with E-state index in [1.807, 2.05) is 6.92 Å². The molecule has 1 aromatic carbocycles. The summed E-state index contributed by atoms with van der Waals surface area (Å²) in [5.74, 6) is -0.681. The Morgan fingerprint density at radius 2 is 2.19 bits per heavy atom. The van der Waals surface area contributed by atoms with Gasteiger partial charge >= 0.3 is 5.97 Å². The molecule has 21 heavy (non-hydrogen) atoms. The first-order valence-corrected chi connectivity index (χ1v) is 6.37. The van der Waals surface area contributed by atoms with Gasteiger partial charge in [-0.3, -0.25) is 14.9 Å². The molecule has 1 heterocycles. The van der Waals surface area contributed by atoms with Gasteiger partial charge in [-0.2, -0.15) is 0 Å². The van der Waals surface area contributed by atoms with Crippen LogP contribution in [-0.2, 0) is 9.53 Å². The van der Waals surface area contributed by atoms with E-state index in [4.69, 9.17) is 0 Å². The molecule has 0 aliphatic carbocycles. The summed E-state index contributed by atoms with van der Waals surface area (Å²) in [5, 5.41) is 11.1. The summed E-state index contributed by atoms with van der Waals surface area (Å²) in [5.41, 5.74) is 0.307. The van der Waals surface area contributed by atoms with E-state index in [1.54, 1.807) is 9.80 Å². The number of methoxy groups -OCH3 is 1. The third kappa shape index (κ3) is 2.78. The maximum atomic E-state index is 11.8. The van der Waals surface area contributed by atoms with Crippen LogP contribution in [0.25, 0.3) is 0 Å². The average molecular weight is 293 g/mol. The van der Waals surface area contributed by atoms with Gasteiger partial charge in [-0.1, -0.05) is 0 Å². The SMILES string of the molecule is CCN1CN(c2cc(C(=O)OC)ccc2[N+](=O)[O-])CC1=O. The Hall–Kier alpha value is -2.64. The van der Waals surface area contributed by atoms with Gasteiger partial charge in [-0.05, 0) is 19.1 Å². The first kappa shape index (κ1) is 14.8. The van der Waals surface area contributed by atoms with Gasteiger partial charge in [0, 0.05) is 12.6 Å². The molecule has 112 valence electrons. The van der Waals surface area contributed by atoms with Crippen molar-refractivity contribution in [2.45, 2.75) is 6.92 Å². The van der Waals surface area contributed by atoms with Gasteiger partial charge in [0.25, 0.3) is 5.69 Å². The normalized spacial score (nSPS) is 14.5. The number of amides is 1. The highest BCUT2D eigenvalue weighted by molar-refractivity contribution is 5.93. The molecular weight excluding hydrogens is 278 g/mol. The summed E-state index contributed by atoms with van der Waals surface area (Å²) < 4.78 is 4.61. The summed E-state index contributed by atoms with van der Waals surface area (Å²) in [7, 11) is 1.24. The van der Waals surface area contributed by atoms with Crippen LogP contribution in [0.2, 0.25) is 0 Å². The van der Waals surface area contributed by atoms with E-state index in [-0.39, 0.29) is 36.1 Å². The van der Waals surface area contributed by atoms with Gasteiger partial charge < -0.3 is 14.5 Å². The number of likely N-dealkylation sites (N-methyl/N-ethyl adjacent to an activating group) is 1. The van der Waals surface area contributed by atoms with E-state index in [2.05, 4.69) is 4.74 Å². The van der Waals surface area contributed by atoms with E-state index in [0.717, 1.165) is 0 Å². The van der Waals surface area contributed by atoms with Crippen molar-refractivity contribution < 1.29 is 19.2 Å². The zero-order valence-electron chi connectivity index (χ0n) is 11.7. The van der Waals surface area contributed by atoms with Crippen LogP contribution in [0.5, 0.6) is 0 Å². The molecule has 8 nitrogen and oxygen atoms in total. The van der Waals surface area contributed by atoms with Crippen molar-refractivity contribution in [3.8, 4) is 0 Å². The number of nitrogens with zero attached hydrogens (tertiary/aromatic N) is 3. The lowest BCUT2D eigenvalue weighted by Gasteiger charge is -2.18. The third-order valence-electron chi connectivity index (χ3n) is 3.34. The van der Waals surface area contributed by atoms with Crippen LogP contribution in [0.1, 0.15) is 17.3 Å². The highest BCUT2D eigenvalue weighted by Gasteiger charge is 2.31. The molecule has 2 rings (SSSR count). The van der Waals surface area contributed by atoms with Crippen molar-refractivity contribution in [2.75, 3.05) is 31.8 Å². The molecule has 1 aromatic rings. The molecule has 0 bridgehead atoms. The monoisotopic (exact) mass is 293 g/mol. The van der Waals surface area contributed by atoms with Gasteiger partial charge in [0.05, 0.1) is 30.8 Å². The van der Waals surface area contributed by atoms with Crippen LogP contribution in [0.15, 0.2) is 18.2 Å². The molecule has 1 fully saturated rings. The van der Waals surface area contributed by atoms with E-state index in [0.29, 0.717) is 6.54 Å². The lowest BCUT2D eigenvalue weighted by molar-refractivity contribution is -0.384. The average Bonchev–Trinajstić information content (AvgIpc) is 2.86. The Kier molecular flexibility index (Phi) is 4.06. The number of carbonyl (C=O) groups is 2. The third-order valence-corrected chi connectivity index (χ3v) is 3.34. The van der Waals surface area contributed by atoms with Gasteiger partial charge in [-0.15, -0.1) is 0 Å². The topological polar surface area (TPSA) is 93.0 Å². The van der Waals surface area contributed by atoms with Crippen LogP contribution in [0.3, 0.4) is 0 Å². The fourth-order valence-electron chi connectivity index (χ4n) is 2.21. The second kappa shape index (κ2) is 5.78. The molecule has 1 amide bonds. The Labute approximate surface area is 121 Å². The van der Waals surface area contributed by atoms with Crippen molar-refractivity contribution >= 4 is 23.3 Å². The highest BCUT2D eigenvalue weighted by Crippen LogP contribution is 2.31. The molecular formula is C13H15N3O5. The molecule has 0 unspecified atom stereocenters. The number of esters is 1. The largest absolute Gasteiger partial charge is 0.465 e. The standard InChI is InChI=1S/C13H15N3O5/c1-3-14-8-15(7-12(14)17)11-6-9(13(18)21-2)4-5-10(11)16(19)20/h4-6H,3,7-8H2,1-2H3. The van der Waals surface area contributed by atoms with E-state index >= 15 is 0 Å². The van der Waals surface area contributed by atoms with E-state index in [9.17, 15) is 19.7 Å². The number of anilines is 1. The van der Waals surface area contributed by atoms with Crippen molar-refractivity contribution in [1.29, 1.82) is 0 Å². The number of ether oxygens (including phenoxy) is 1. The molecule has 0 radical (unpaired) electrons. The fraction of sp³-hybridized carbons (Fsp3) is 0.385. The van der Waals surface area contributed by atoms with E-state index in [1.165, 1.54) is 25.3 Å². The predicted molar refractivity (Wildman–Crippen MR) is 74.0 cm³/mol. The minimum absolute atomic E-state index is 0.0549. The molecule has 1 aliphatic heterocycles. The van der Waals surface area contributed by atoms with Crippen molar-refractivity contribution in [3.63, 3.8) is 0 Å². The second-order valence-electron chi connectivity index (χ2n) is 4.54. The van der Waals surface area contributed by atoms with Gasteiger partial charge in [0.2, 0.25) is 5.91 Å². The van der Waals surface area contributed by atoms with Gasteiger partial charge in [0.1, 0.15) is 5.69 Å². The second-order valence-corrected chi connectivity index (χ2v) is 4.54. The quantitative estimate of drug-likeness (QED) is 0.467. The van der Waals surface area contributed by atoms with Crippen LogP contribution in [0, 0.1) is 10.1 Å². The number of rotatable bonds is 4. The summed E-state index contributed by atoms with van der Waals surface area (Å²) in [6, 6.07) is 3.97. The molecule has 1 saturated heterocycles. The van der Waals surface area contributed by atoms with Crippen molar-refractivity contribution in [1.82, 2.24) is 4.90 Å². The zero-order chi connectivity index (χ0) is 15.6. The Bertz CT molecular complexity index is 601. The smallest absolute Gasteiger partial charge is 0.337 e. The number of hydrogen-bond acceptors (Lipinski definition) is 6. The summed E-state index contributed by atoms with van der Waals surface area (Å²) in [6.45, 7) is 2.68. The summed E-state index contributed by atoms with van der Waals surface area (Å²) in [6.07, 6.45) is 0. The number of nitro groups is 1. The van der Waals surface area contributed by atoms with Crippen LogP contribution < -0.4 is 4.90 Å². The Morgan fingerprint density at radius 3 is 2.71 bits per heavy atom. The Morgan fingerprint density at radius 1 is 1.48 bits per heavy atom. The molecule has 0 saturated carbocycles. The molecule has 0 spiro atoms. The van der Waals surface area contributed by atoms with Crippen LogP contribution in [0.4, 0.5) is 11.4 Å². The first-order valence-electron chi connectivity index (χ1n) is 6.37. The maximum absolute atomic E-state index is 11.8. The number of carbonyl (C=O) groups excluding carboxylic acids is 2. The van der Waals surface area contributed by atoms with Gasteiger partial charge in [0.15, 0.2) is 0 Å². The minimum Gasteiger partial charge on any atom is -0.465 e. The minimum atomic E-state index is -0.580. The molecule has 1 aliphatic rings. The molecule has 0 atom stereocenters. The maximum Gasteiger partial charge on any atom is 0.337 e.